The molecule has 4 heteroatoms. The first kappa shape index (κ1) is 10.5. The summed E-state index contributed by atoms with van der Waals surface area (Å²) < 4.78 is 0. The predicted molar refractivity (Wildman–Crippen MR) is 62.7 cm³/mol. The molecule has 1 aromatic carbocycles. The Kier molecular flexibility index (Phi) is 2.81. The quantitative estimate of drug-likeness (QED) is 0.563. The van der Waals surface area contributed by atoms with Crippen molar-refractivity contribution < 1.29 is 4.92 Å². The van der Waals surface area contributed by atoms with Gasteiger partial charge < -0.3 is 0 Å². The number of hydrogen-bond donors (Lipinski definition) is 0. The largest absolute Gasteiger partial charge is 0.269 e. The Morgan fingerprint density at radius 2 is 2.31 bits per heavy atom. The minimum absolute atomic E-state index is 0.145. The third-order valence-electron chi connectivity index (χ3n) is 2.61. The molecule has 1 unspecified atom stereocenters. The van der Waals surface area contributed by atoms with Gasteiger partial charge in [0.25, 0.3) is 5.69 Å². The van der Waals surface area contributed by atoms with Gasteiger partial charge in [0, 0.05) is 30.0 Å². The maximum absolute atomic E-state index is 10.7. The minimum atomic E-state index is -0.364. The molecule has 4 nitrogen and oxygen atoms in total. The van der Waals surface area contributed by atoms with Crippen LogP contribution in [-0.4, -0.2) is 11.1 Å². The zero-order valence-corrected chi connectivity index (χ0v) is 8.96. The van der Waals surface area contributed by atoms with Gasteiger partial charge in [0.1, 0.15) is 0 Å². The fraction of sp³-hybridized carbons (Fsp3) is 0.250. The third-order valence-corrected chi connectivity index (χ3v) is 2.61. The highest BCUT2D eigenvalue weighted by Crippen LogP contribution is 2.27. The molecule has 1 aliphatic heterocycles. The molecule has 0 spiro atoms. The first-order chi connectivity index (χ1) is 7.66. The van der Waals surface area contributed by atoms with Crippen LogP contribution in [0, 0.1) is 10.1 Å². The molecule has 0 saturated carbocycles. The van der Waals surface area contributed by atoms with Crippen LogP contribution in [0.25, 0.3) is 0 Å². The molecule has 16 heavy (non-hydrogen) atoms. The lowest BCUT2D eigenvalue weighted by Gasteiger charge is -2.14. The van der Waals surface area contributed by atoms with E-state index in [-0.39, 0.29) is 16.5 Å². The Labute approximate surface area is 93.5 Å². The fourth-order valence-corrected chi connectivity index (χ4v) is 1.81. The van der Waals surface area contributed by atoms with E-state index in [2.05, 4.69) is 4.99 Å². The second kappa shape index (κ2) is 4.26. The Morgan fingerprint density at radius 1 is 1.50 bits per heavy atom. The Bertz CT molecular complexity index is 478. The van der Waals surface area contributed by atoms with E-state index in [1.165, 1.54) is 6.07 Å². The highest BCUT2D eigenvalue weighted by molar-refractivity contribution is 5.63. The van der Waals surface area contributed by atoms with Crippen molar-refractivity contribution in [2.75, 3.05) is 0 Å². The molecule has 0 aliphatic carbocycles. The summed E-state index contributed by atoms with van der Waals surface area (Å²) >= 11 is 0. The Morgan fingerprint density at radius 3 is 3.00 bits per heavy atom. The van der Waals surface area contributed by atoms with Crippen LogP contribution in [0.3, 0.4) is 0 Å². The van der Waals surface area contributed by atoms with Gasteiger partial charge in [0.15, 0.2) is 0 Å². The Hall–Kier alpha value is -1.97. The molecule has 0 bridgehead atoms. The van der Waals surface area contributed by atoms with E-state index in [4.69, 9.17) is 0 Å². The summed E-state index contributed by atoms with van der Waals surface area (Å²) in [5, 5.41) is 10.7. The minimum Gasteiger partial charge on any atom is -0.266 e. The number of non-ortho nitro benzene ring substituents is 1. The van der Waals surface area contributed by atoms with Crippen molar-refractivity contribution >= 4 is 11.9 Å². The average Bonchev–Trinajstić information content (AvgIpc) is 2.29. The number of hydrogen-bond acceptors (Lipinski definition) is 3. The van der Waals surface area contributed by atoms with Crippen LogP contribution in [-0.2, 0) is 0 Å². The zero-order chi connectivity index (χ0) is 11.5. The number of nitro benzene ring substituents is 1. The number of aliphatic imine (C=N–C) groups is 1. The molecule has 1 aliphatic rings. The summed E-state index contributed by atoms with van der Waals surface area (Å²) in [7, 11) is 0. The predicted octanol–water partition coefficient (Wildman–Crippen LogP) is 3.06. The Balaban J connectivity index is 2.31. The SMILES string of the molecule is CC1=CC(c2cccc([N+](=O)[O-])c2)CC=N1. The van der Waals surface area contributed by atoms with E-state index in [0.29, 0.717) is 0 Å². The van der Waals surface area contributed by atoms with Gasteiger partial charge in [0.2, 0.25) is 0 Å². The van der Waals surface area contributed by atoms with Crippen molar-refractivity contribution in [3.05, 3.63) is 51.7 Å². The van der Waals surface area contributed by atoms with Crippen molar-refractivity contribution in [3.63, 3.8) is 0 Å². The van der Waals surface area contributed by atoms with Crippen LogP contribution in [0.4, 0.5) is 5.69 Å². The highest BCUT2D eigenvalue weighted by atomic mass is 16.6. The number of nitrogens with zero attached hydrogens (tertiary/aromatic N) is 2. The van der Waals surface area contributed by atoms with Crippen LogP contribution in [0.1, 0.15) is 24.8 Å². The molecular formula is C12H12N2O2. The highest BCUT2D eigenvalue weighted by Gasteiger charge is 2.14. The maximum atomic E-state index is 10.7. The van der Waals surface area contributed by atoms with Crippen molar-refractivity contribution in [2.24, 2.45) is 4.99 Å². The summed E-state index contributed by atoms with van der Waals surface area (Å²) in [5.74, 6) is 0.206. The fourth-order valence-electron chi connectivity index (χ4n) is 1.81. The standard InChI is InChI=1S/C12H12N2O2/c1-9-7-11(5-6-13-9)10-3-2-4-12(8-10)14(15)16/h2-4,6-8,11H,5H2,1H3. The molecule has 2 rings (SSSR count). The normalized spacial score (nSPS) is 19.3. The molecule has 1 atom stereocenters. The van der Waals surface area contributed by atoms with Gasteiger partial charge in [-0.2, -0.15) is 0 Å². The van der Waals surface area contributed by atoms with E-state index >= 15 is 0 Å². The lowest BCUT2D eigenvalue weighted by Crippen LogP contribution is -2.01. The van der Waals surface area contributed by atoms with Crippen LogP contribution in [0.5, 0.6) is 0 Å². The first-order valence-corrected chi connectivity index (χ1v) is 5.12. The van der Waals surface area contributed by atoms with Gasteiger partial charge in [-0.25, -0.2) is 0 Å². The first-order valence-electron chi connectivity index (χ1n) is 5.12. The number of nitro groups is 1. The van der Waals surface area contributed by atoms with E-state index in [1.807, 2.05) is 25.3 Å². The molecule has 1 aromatic rings. The monoisotopic (exact) mass is 216 g/mol. The van der Waals surface area contributed by atoms with Crippen LogP contribution in [0.15, 0.2) is 41.0 Å². The van der Waals surface area contributed by atoms with Crippen LogP contribution < -0.4 is 0 Å². The van der Waals surface area contributed by atoms with Gasteiger partial charge in [-0.05, 0) is 18.9 Å². The number of benzene rings is 1. The van der Waals surface area contributed by atoms with E-state index < -0.39 is 0 Å². The molecule has 0 amide bonds. The van der Waals surface area contributed by atoms with Crippen molar-refractivity contribution in [3.8, 4) is 0 Å². The molecule has 0 fully saturated rings. The molecule has 82 valence electrons. The van der Waals surface area contributed by atoms with Crippen LogP contribution in [0.2, 0.25) is 0 Å². The molecule has 1 heterocycles. The summed E-state index contributed by atoms with van der Waals surface area (Å²) in [6, 6.07) is 6.79. The average molecular weight is 216 g/mol. The number of allylic oxidation sites excluding steroid dienone is 2. The number of rotatable bonds is 2. The van der Waals surface area contributed by atoms with E-state index in [9.17, 15) is 10.1 Å². The third kappa shape index (κ3) is 2.16. The lowest BCUT2D eigenvalue weighted by atomic mass is 9.93. The zero-order valence-electron chi connectivity index (χ0n) is 8.96. The topological polar surface area (TPSA) is 55.5 Å². The molecular weight excluding hydrogens is 204 g/mol. The van der Waals surface area contributed by atoms with Crippen molar-refractivity contribution in [1.82, 2.24) is 0 Å². The molecule has 0 saturated heterocycles. The van der Waals surface area contributed by atoms with Gasteiger partial charge in [-0.15, -0.1) is 0 Å². The molecule has 0 aromatic heterocycles. The maximum Gasteiger partial charge on any atom is 0.269 e. The van der Waals surface area contributed by atoms with Gasteiger partial charge in [0.05, 0.1) is 4.92 Å². The van der Waals surface area contributed by atoms with Crippen molar-refractivity contribution in [2.45, 2.75) is 19.3 Å². The lowest BCUT2D eigenvalue weighted by molar-refractivity contribution is -0.384. The van der Waals surface area contributed by atoms with E-state index in [1.54, 1.807) is 12.1 Å². The van der Waals surface area contributed by atoms with E-state index in [0.717, 1.165) is 17.7 Å². The summed E-state index contributed by atoms with van der Waals surface area (Å²) in [4.78, 5) is 14.5. The van der Waals surface area contributed by atoms with Gasteiger partial charge in [-0.3, -0.25) is 15.1 Å². The van der Waals surface area contributed by atoms with Gasteiger partial charge in [-0.1, -0.05) is 18.2 Å². The summed E-state index contributed by atoms with van der Waals surface area (Å²) in [5.41, 5.74) is 2.08. The second-order valence-corrected chi connectivity index (χ2v) is 3.81. The van der Waals surface area contributed by atoms with Crippen LogP contribution >= 0.6 is 0 Å². The molecule has 0 N–H and O–H groups in total. The summed E-state index contributed by atoms with van der Waals surface area (Å²) in [6.07, 6.45) is 4.70. The summed E-state index contributed by atoms with van der Waals surface area (Å²) in [6.45, 7) is 1.93. The van der Waals surface area contributed by atoms with Gasteiger partial charge >= 0.3 is 0 Å². The van der Waals surface area contributed by atoms with Crippen molar-refractivity contribution in [1.29, 1.82) is 0 Å². The second-order valence-electron chi connectivity index (χ2n) is 3.81. The molecule has 0 radical (unpaired) electrons. The smallest absolute Gasteiger partial charge is 0.266 e.